The molecule has 25 heavy (non-hydrogen) atoms. The average molecular weight is 359 g/mol. The third kappa shape index (κ3) is 4.10. The fourth-order valence-corrected chi connectivity index (χ4v) is 3.63. The molecule has 3 rings (SSSR count). The Morgan fingerprint density at radius 3 is 2.68 bits per heavy atom. The third-order valence-corrected chi connectivity index (χ3v) is 5.02. The van der Waals surface area contributed by atoms with Crippen molar-refractivity contribution in [2.75, 3.05) is 13.2 Å². The van der Waals surface area contributed by atoms with E-state index in [1.165, 1.54) is 18.6 Å². The van der Waals surface area contributed by atoms with E-state index in [2.05, 4.69) is 5.32 Å². The summed E-state index contributed by atoms with van der Waals surface area (Å²) < 4.78 is 50.6. The van der Waals surface area contributed by atoms with E-state index in [1.54, 1.807) is 6.92 Å². The van der Waals surface area contributed by atoms with Crippen LogP contribution in [-0.2, 0) is 15.7 Å². The second-order valence-corrected chi connectivity index (χ2v) is 6.89. The fraction of sp³-hybridized carbons (Fsp3) is 0.667. The minimum atomic E-state index is -4.57. The first kappa shape index (κ1) is 18.5. The van der Waals surface area contributed by atoms with Crippen LogP contribution in [0.5, 0.6) is 5.75 Å². The van der Waals surface area contributed by atoms with Crippen LogP contribution in [0.2, 0.25) is 0 Å². The summed E-state index contributed by atoms with van der Waals surface area (Å²) in [7, 11) is 0. The second-order valence-electron chi connectivity index (χ2n) is 6.89. The van der Waals surface area contributed by atoms with Gasteiger partial charge >= 0.3 is 6.18 Å². The third-order valence-electron chi connectivity index (χ3n) is 5.02. The molecule has 1 heterocycles. The number of hydrogen-bond donors (Lipinski definition) is 2. The van der Waals surface area contributed by atoms with Crippen molar-refractivity contribution in [3.05, 3.63) is 29.3 Å². The van der Waals surface area contributed by atoms with Gasteiger partial charge in [-0.1, -0.05) is 18.6 Å². The molecule has 1 aliphatic heterocycles. The lowest BCUT2D eigenvalue weighted by molar-refractivity contribution is -0.186. The van der Waals surface area contributed by atoms with Crippen LogP contribution in [-0.4, -0.2) is 30.1 Å². The fourth-order valence-electron chi connectivity index (χ4n) is 3.63. The Kier molecular flexibility index (Phi) is 5.27. The number of halogens is 3. The summed E-state index contributed by atoms with van der Waals surface area (Å²) in [5, 5.41) is 13.1. The summed E-state index contributed by atoms with van der Waals surface area (Å²) in [6.45, 7) is 2.66. The van der Waals surface area contributed by atoms with Crippen LogP contribution in [0.1, 0.15) is 56.2 Å². The van der Waals surface area contributed by atoms with Gasteiger partial charge < -0.3 is 19.9 Å². The highest BCUT2D eigenvalue weighted by Crippen LogP contribution is 2.40. The van der Waals surface area contributed by atoms with Gasteiger partial charge in [0.25, 0.3) is 0 Å². The Hall–Kier alpha value is -1.31. The van der Waals surface area contributed by atoms with Gasteiger partial charge in [0.15, 0.2) is 5.79 Å². The maximum Gasteiger partial charge on any atom is 0.419 e. The van der Waals surface area contributed by atoms with E-state index < -0.39 is 29.3 Å². The molecule has 0 radical (unpaired) electrons. The number of alkyl halides is 3. The van der Waals surface area contributed by atoms with Gasteiger partial charge in [-0.25, -0.2) is 0 Å². The first-order valence-electron chi connectivity index (χ1n) is 8.75. The number of hydrogen-bond acceptors (Lipinski definition) is 4. The number of phenolic OH excluding ortho intramolecular Hbond substituents is 1. The highest BCUT2D eigenvalue weighted by atomic mass is 19.4. The number of benzene rings is 1. The average Bonchev–Trinajstić information content (AvgIpc) is 2.95. The highest BCUT2D eigenvalue weighted by Gasteiger charge is 2.42. The molecule has 1 aromatic rings. The lowest BCUT2D eigenvalue weighted by Gasteiger charge is -2.31. The quantitative estimate of drug-likeness (QED) is 0.848. The Balaban J connectivity index is 1.59. The van der Waals surface area contributed by atoms with Gasteiger partial charge in [0.1, 0.15) is 5.75 Å². The number of nitrogens with one attached hydrogen (secondary N) is 1. The minimum Gasteiger partial charge on any atom is -0.507 e. The molecule has 1 saturated carbocycles. The maximum absolute atomic E-state index is 12.9. The van der Waals surface area contributed by atoms with Crippen molar-refractivity contribution in [3.8, 4) is 5.75 Å². The molecule has 0 aromatic heterocycles. The van der Waals surface area contributed by atoms with Gasteiger partial charge in [-0.3, -0.25) is 0 Å². The van der Waals surface area contributed by atoms with E-state index in [1.807, 2.05) is 0 Å². The lowest BCUT2D eigenvalue weighted by atomic mass is 9.94. The van der Waals surface area contributed by atoms with Crippen LogP contribution in [0.25, 0.3) is 0 Å². The standard InChI is InChI=1S/C18H24F3NO3/c1-12(14-6-5-7-15(16(14)23)18(19,20)21)22-10-13-11-24-17(25-13)8-3-2-4-9-17/h5-7,12-13,22-23H,2-4,8-11H2,1H3. The van der Waals surface area contributed by atoms with Crippen molar-refractivity contribution >= 4 is 0 Å². The van der Waals surface area contributed by atoms with Gasteiger partial charge in [-0.2, -0.15) is 13.2 Å². The monoisotopic (exact) mass is 359 g/mol. The number of phenols is 1. The smallest absolute Gasteiger partial charge is 0.419 e. The molecular weight excluding hydrogens is 335 g/mol. The van der Waals surface area contributed by atoms with E-state index >= 15 is 0 Å². The first-order valence-corrected chi connectivity index (χ1v) is 8.75. The Morgan fingerprint density at radius 1 is 1.28 bits per heavy atom. The molecule has 4 nitrogen and oxygen atoms in total. The molecule has 0 amide bonds. The number of aromatic hydroxyl groups is 1. The van der Waals surface area contributed by atoms with Crippen molar-refractivity contribution in [3.63, 3.8) is 0 Å². The van der Waals surface area contributed by atoms with Crippen molar-refractivity contribution in [1.29, 1.82) is 0 Å². The van der Waals surface area contributed by atoms with E-state index in [0.717, 1.165) is 31.7 Å². The summed E-state index contributed by atoms with van der Waals surface area (Å²) in [6, 6.07) is 3.25. The minimum absolute atomic E-state index is 0.131. The summed E-state index contributed by atoms with van der Waals surface area (Å²) in [5.74, 6) is -1.19. The molecule has 2 N–H and O–H groups in total. The molecule has 2 unspecified atom stereocenters. The molecule has 2 aliphatic rings. The second kappa shape index (κ2) is 7.13. The predicted octanol–water partition coefficient (Wildman–Crippen LogP) is 4.14. The zero-order chi connectivity index (χ0) is 18.1. The van der Waals surface area contributed by atoms with Crippen LogP contribution < -0.4 is 5.32 Å². The van der Waals surface area contributed by atoms with Gasteiger partial charge in [0.2, 0.25) is 0 Å². The Morgan fingerprint density at radius 2 is 2.00 bits per heavy atom. The lowest BCUT2D eigenvalue weighted by Crippen LogP contribution is -2.36. The Labute approximate surface area is 145 Å². The van der Waals surface area contributed by atoms with Crippen molar-refractivity contribution in [2.45, 2.75) is 63.1 Å². The molecule has 0 bridgehead atoms. The maximum atomic E-state index is 12.9. The molecule has 1 saturated heterocycles. The molecule has 7 heteroatoms. The van der Waals surface area contributed by atoms with E-state index in [-0.39, 0.29) is 11.7 Å². The summed E-state index contributed by atoms with van der Waals surface area (Å²) in [5.41, 5.74) is -0.790. The summed E-state index contributed by atoms with van der Waals surface area (Å²) in [6.07, 6.45) is 0.469. The van der Waals surface area contributed by atoms with E-state index in [4.69, 9.17) is 9.47 Å². The molecule has 140 valence electrons. The van der Waals surface area contributed by atoms with Crippen molar-refractivity contribution < 1.29 is 27.8 Å². The van der Waals surface area contributed by atoms with Gasteiger partial charge in [-0.15, -0.1) is 0 Å². The van der Waals surface area contributed by atoms with Crippen molar-refractivity contribution in [2.24, 2.45) is 0 Å². The van der Waals surface area contributed by atoms with Gasteiger partial charge in [-0.05, 0) is 25.8 Å². The molecular formula is C18H24F3NO3. The van der Waals surface area contributed by atoms with Crippen LogP contribution in [0.15, 0.2) is 18.2 Å². The molecule has 1 aromatic carbocycles. The van der Waals surface area contributed by atoms with Crippen LogP contribution in [0, 0.1) is 0 Å². The summed E-state index contributed by atoms with van der Waals surface area (Å²) >= 11 is 0. The molecule has 2 fully saturated rings. The SMILES string of the molecule is CC(NCC1COC2(CCCCC2)O1)c1cccc(C(F)(F)F)c1O. The number of para-hydroxylation sites is 1. The zero-order valence-corrected chi connectivity index (χ0v) is 14.2. The topological polar surface area (TPSA) is 50.7 Å². The predicted molar refractivity (Wildman–Crippen MR) is 86.2 cm³/mol. The molecule has 1 spiro atoms. The first-order chi connectivity index (χ1) is 11.8. The van der Waals surface area contributed by atoms with Crippen LogP contribution >= 0.6 is 0 Å². The highest BCUT2D eigenvalue weighted by molar-refractivity contribution is 5.43. The van der Waals surface area contributed by atoms with Crippen molar-refractivity contribution in [1.82, 2.24) is 5.32 Å². The molecule has 2 atom stereocenters. The van der Waals surface area contributed by atoms with E-state index in [0.29, 0.717) is 13.2 Å². The van der Waals surface area contributed by atoms with Gasteiger partial charge in [0, 0.05) is 31.0 Å². The summed E-state index contributed by atoms with van der Waals surface area (Å²) in [4.78, 5) is 0. The Bertz CT molecular complexity index is 600. The number of rotatable bonds is 4. The van der Waals surface area contributed by atoms with Crippen LogP contribution in [0.3, 0.4) is 0 Å². The molecule has 1 aliphatic carbocycles. The van der Waals surface area contributed by atoms with Crippen LogP contribution in [0.4, 0.5) is 13.2 Å². The number of ether oxygens (including phenoxy) is 2. The largest absolute Gasteiger partial charge is 0.507 e. The normalized spacial score (nSPS) is 24.6. The van der Waals surface area contributed by atoms with Gasteiger partial charge in [0.05, 0.1) is 18.3 Å². The zero-order valence-electron chi connectivity index (χ0n) is 14.2. The van der Waals surface area contributed by atoms with E-state index in [9.17, 15) is 18.3 Å².